The highest BCUT2D eigenvalue weighted by atomic mass is 32.2. The number of thiocarbonyl (C=S) groups is 1. The van der Waals surface area contributed by atoms with Crippen LogP contribution < -0.4 is 4.74 Å². The summed E-state index contributed by atoms with van der Waals surface area (Å²) in [5.74, 6) is 1.07. The maximum atomic E-state index is 13.2. The summed E-state index contributed by atoms with van der Waals surface area (Å²) in [6, 6.07) is 15.1. The van der Waals surface area contributed by atoms with Crippen LogP contribution in [-0.4, -0.2) is 112 Å². The number of fused-ring (bicyclic) bond motifs is 2. The summed E-state index contributed by atoms with van der Waals surface area (Å²) in [6.45, 7) is 7.45. The smallest absolute Gasteiger partial charge is 0.261 e. The highest BCUT2D eigenvalue weighted by molar-refractivity contribution is 8.22. The van der Waals surface area contributed by atoms with Gasteiger partial charge in [-0.3, -0.25) is 29.2 Å². The molecule has 0 N–H and O–H groups in total. The number of hydrogen-bond donors (Lipinski definition) is 0. The summed E-state index contributed by atoms with van der Waals surface area (Å²) in [7, 11) is 0. The first kappa shape index (κ1) is 29.9. The van der Waals surface area contributed by atoms with Crippen LogP contribution in [0.25, 0.3) is 10.8 Å². The fourth-order valence-electron chi connectivity index (χ4n) is 6.68. The number of carbonyl (C=O) groups is 3. The zero-order chi connectivity index (χ0) is 31.1. The minimum absolute atomic E-state index is 0.0535. The number of aliphatic imine (C=N–C) groups is 1. The number of imide groups is 1. The van der Waals surface area contributed by atoms with Crippen molar-refractivity contribution < 1.29 is 19.1 Å². The molecule has 3 aromatic rings. The van der Waals surface area contributed by atoms with Crippen molar-refractivity contribution in [1.82, 2.24) is 19.6 Å². The highest BCUT2D eigenvalue weighted by Gasteiger charge is 2.34. The molecule has 0 saturated carbocycles. The Morgan fingerprint density at radius 2 is 1.67 bits per heavy atom. The van der Waals surface area contributed by atoms with Crippen LogP contribution in [0.2, 0.25) is 0 Å². The number of carbonyl (C=O) groups excluding carboxylic acids is 3. The molecule has 2 fully saturated rings. The Bertz CT molecular complexity index is 1680. The third-order valence-corrected chi connectivity index (χ3v) is 10.6. The largest absolute Gasteiger partial charge is 0.492 e. The summed E-state index contributed by atoms with van der Waals surface area (Å²) >= 11 is 7.34. The average molecular weight is 642 g/mol. The summed E-state index contributed by atoms with van der Waals surface area (Å²) in [5.41, 5.74) is 3.44. The Balaban J connectivity index is 0.866. The van der Waals surface area contributed by atoms with Crippen LogP contribution in [0.1, 0.15) is 49.5 Å². The topological polar surface area (TPSA) is 85.8 Å². The maximum absolute atomic E-state index is 13.2. The molecule has 1 atom stereocenters. The number of aryl methyl sites for hydroxylation is 1. The zero-order valence-electron chi connectivity index (χ0n) is 25.2. The Morgan fingerprint density at radius 1 is 0.933 bits per heavy atom. The van der Waals surface area contributed by atoms with Crippen molar-refractivity contribution in [2.45, 2.75) is 25.8 Å². The van der Waals surface area contributed by atoms with Gasteiger partial charge in [0.05, 0.1) is 23.9 Å². The molecular formula is C34H35N5O4S2. The van der Waals surface area contributed by atoms with Gasteiger partial charge in [-0.25, -0.2) is 0 Å². The average Bonchev–Trinajstić information content (AvgIpc) is 3.49. The standard InChI is InChI=1S/C34H35N5O4S2/c1-22-19-27-28(35-21-24-7-4-10-38(24)33(27)42)20-29(22)43-17-18-45-34(44)37-14-11-36(12-15-37)13-16-39-31(40)25-8-2-5-23-6-3-9-26(30(23)25)32(39)41/h2-3,5-6,8-9,19-21,24H,4,7,10-18H2,1H3/t24-/m0/s1. The Hall–Kier alpha value is -3.80. The van der Waals surface area contributed by atoms with E-state index < -0.39 is 0 Å². The first-order valence-corrected chi connectivity index (χ1v) is 16.9. The second kappa shape index (κ2) is 12.5. The predicted molar refractivity (Wildman–Crippen MR) is 181 cm³/mol. The van der Waals surface area contributed by atoms with E-state index in [1.54, 1.807) is 11.8 Å². The van der Waals surface area contributed by atoms with Crippen molar-refractivity contribution in [2.24, 2.45) is 4.99 Å². The molecule has 0 unspecified atom stereocenters. The van der Waals surface area contributed by atoms with Gasteiger partial charge in [0.1, 0.15) is 10.1 Å². The first-order chi connectivity index (χ1) is 21.9. The molecule has 0 aromatic heterocycles. The zero-order valence-corrected chi connectivity index (χ0v) is 26.9. The number of rotatable bonds is 7. The molecule has 0 aliphatic carbocycles. The summed E-state index contributed by atoms with van der Waals surface area (Å²) in [6.07, 6.45) is 3.88. The van der Waals surface area contributed by atoms with E-state index in [0.29, 0.717) is 47.8 Å². The minimum Gasteiger partial charge on any atom is -0.492 e. The molecule has 9 nitrogen and oxygen atoms in total. The van der Waals surface area contributed by atoms with Crippen LogP contribution in [-0.2, 0) is 0 Å². The summed E-state index contributed by atoms with van der Waals surface area (Å²) < 4.78 is 6.96. The van der Waals surface area contributed by atoms with E-state index in [2.05, 4.69) is 14.8 Å². The van der Waals surface area contributed by atoms with Gasteiger partial charge in [-0.15, -0.1) is 0 Å². The molecule has 45 heavy (non-hydrogen) atoms. The van der Waals surface area contributed by atoms with Crippen LogP contribution >= 0.6 is 24.0 Å². The Labute approximate surface area is 272 Å². The number of ether oxygens (including phenoxy) is 1. The van der Waals surface area contributed by atoms with Crippen molar-refractivity contribution in [3.8, 4) is 5.75 Å². The van der Waals surface area contributed by atoms with Crippen molar-refractivity contribution in [3.05, 3.63) is 70.8 Å². The quantitative estimate of drug-likeness (QED) is 0.207. The van der Waals surface area contributed by atoms with Crippen LogP contribution in [0.4, 0.5) is 5.69 Å². The third-order valence-electron chi connectivity index (χ3n) is 9.16. The lowest BCUT2D eigenvalue weighted by Crippen LogP contribution is -2.51. The van der Waals surface area contributed by atoms with E-state index in [-0.39, 0.29) is 23.8 Å². The van der Waals surface area contributed by atoms with Crippen LogP contribution in [0.5, 0.6) is 5.75 Å². The second-order valence-corrected chi connectivity index (χ2v) is 13.6. The van der Waals surface area contributed by atoms with E-state index in [1.807, 2.05) is 66.6 Å². The molecule has 7 rings (SSSR count). The molecule has 0 radical (unpaired) electrons. The summed E-state index contributed by atoms with van der Waals surface area (Å²) in [4.78, 5) is 51.9. The van der Waals surface area contributed by atoms with Crippen molar-refractivity contribution in [1.29, 1.82) is 0 Å². The van der Waals surface area contributed by atoms with E-state index in [9.17, 15) is 14.4 Å². The van der Waals surface area contributed by atoms with Gasteiger partial charge in [-0.05, 0) is 48.9 Å². The van der Waals surface area contributed by atoms with Gasteiger partial charge in [-0.2, -0.15) is 0 Å². The molecule has 3 aromatic carbocycles. The predicted octanol–water partition coefficient (Wildman–Crippen LogP) is 4.78. The monoisotopic (exact) mass is 641 g/mol. The van der Waals surface area contributed by atoms with Gasteiger partial charge in [0.2, 0.25) is 0 Å². The summed E-state index contributed by atoms with van der Waals surface area (Å²) in [5, 5.41) is 1.68. The van der Waals surface area contributed by atoms with Gasteiger partial charge in [0.25, 0.3) is 17.7 Å². The molecular weight excluding hydrogens is 607 g/mol. The Kier molecular flexibility index (Phi) is 8.32. The normalized spacial score (nSPS) is 19.6. The number of hydrogen-bond acceptors (Lipinski definition) is 8. The molecule has 232 valence electrons. The number of thioether (sulfide) groups is 1. The van der Waals surface area contributed by atoms with E-state index >= 15 is 0 Å². The molecule has 3 amide bonds. The molecule has 11 heteroatoms. The molecule has 2 saturated heterocycles. The molecule has 4 aliphatic heterocycles. The second-order valence-electron chi connectivity index (χ2n) is 11.9. The number of piperazine rings is 1. The van der Waals surface area contributed by atoms with Crippen LogP contribution in [0, 0.1) is 6.92 Å². The SMILES string of the molecule is Cc1cc2c(cc1OCCSC(=S)N1CCN(CCN3C(=O)c4cccc5cccc(c45)C3=O)CC1)N=C[C@@H]1CCCN1C2=O. The minimum atomic E-state index is -0.217. The molecule has 4 aliphatic rings. The highest BCUT2D eigenvalue weighted by Crippen LogP contribution is 2.34. The lowest BCUT2D eigenvalue weighted by Gasteiger charge is -2.37. The molecule has 0 bridgehead atoms. The van der Waals surface area contributed by atoms with Gasteiger partial charge in [-0.1, -0.05) is 48.2 Å². The fourth-order valence-corrected chi connectivity index (χ4v) is 7.82. The maximum Gasteiger partial charge on any atom is 0.261 e. The van der Waals surface area contributed by atoms with E-state index in [1.165, 1.54) is 4.90 Å². The van der Waals surface area contributed by atoms with Gasteiger partial charge in [0.15, 0.2) is 0 Å². The number of nitrogens with zero attached hydrogens (tertiary/aromatic N) is 5. The lowest BCUT2D eigenvalue weighted by molar-refractivity contribution is 0.0583. The molecule has 4 heterocycles. The van der Waals surface area contributed by atoms with Crippen molar-refractivity contribution >= 4 is 68.7 Å². The van der Waals surface area contributed by atoms with Gasteiger partial charge in [0, 0.05) is 80.4 Å². The third kappa shape index (κ3) is 5.73. The molecule has 0 spiro atoms. The van der Waals surface area contributed by atoms with E-state index in [0.717, 1.165) is 72.0 Å². The van der Waals surface area contributed by atoms with E-state index in [4.69, 9.17) is 17.0 Å². The van der Waals surface area contributed by atoms with Crippen molar-refractivity contribution in [3.63, 3.8) is 0 Å². The fraction of sp³-hybridized carbons (Fsp3) is 0.382. The van der Waals surface area contributed by atoms with Gasteiger partial charge < -0.3 is 14.5 Å². The van der Waals surface area contributed by atoms with Crippen molar-refractivity contribution in [2.75, 3.05) is 58.2 Å². The number of amides is 3. The van der Waals surface area contributed by atoms with Gasteiger partial charge >= 0.3 is 0 Å². The van der Waals surface area contributed by atoms with Crippen LogP contribution in [0.3, 0.4) is 0 Å². The van der Waals surface area contributed by atoms with Crippen LogP contribution in [0.15, 0.2) is 53.5 Å². The Morgan fingerprint density at radius 3 is 2.40 bits per heavy atom. The number of benzene rings is 3. The first-order valence-electron chi connectivity index (χ1n) is 15.5. The lowest BCUT2D eigenvalue weighted by atomic mass is 9.94.